The number of carbonyl (C=O) groups excluding carboxylic acids is 1. The molecule has 1 saturated carbocycles. The molecule has 0 spiro atoms. The van der Waals surface area contributed by atoms with Crippen molar-refractivity contribution in [3.63, 3.8) is 0 Å². The molecule has 1 aromatic heterocycles. The van der Waals surface area contributed by atoms with Gasteiger partial charge in [0.05, 0.1) is 11.7 Å². The Morgan fingerprint density at radius 3 is 2.57 bits per heavy atom. The summed E-state index contributed by atoms with van der Waals surface area (Å²) in [5, 5.41) is 4.44. The van der Waals surface area contributed by atoms with E-state index in [-0.39, 0.29) is 11.4 Å². The predicted molar refractivity (Wildman–Crippen MR) is 87.6 cm³/mol. The number of likely N-dealkylation sites (tertiary alicyclic amines) is 1. The Morgan fingerprint density at radius 2 is 2.04 bits per heavy atom. The van der Waals surface area contributed by atoms with Crippen LogP contribution in [0.4, 0.5) is 8.78 Å². The fourth-order valence-electron chi connectivity index (χ4n) is 3.24. The summed E-state index contributed by atoms with van der Waals surface area (Å²) < 4.78 is 28.2. The number of rotatable bonds is 5. The maximum absolute atomic E-state index is 13.1. The van der Waals surface area contributed by atoms with Crippen LogP contribution in [0, 0.1) is 5.41 Å². The van der Waals surface area contributed by atoms with Crippen LogP contribution in [-0.2, 0) is 27.4 Å². The minimum atomic E-state index is -2.54. The minimum Gasteiger partial charge on any atom is -0.342 e. The second-order valence-corrected chi connectivity index (χ2v) is 7.58. The molecule has 1 aliphatic heterocycles. The van der Waals surface area contributed by atoms with Gasteiger partial charge in [0, 0.05) is 24.8 Å². The zero-order valence-electron chi connectivity index (χ0n) is 13.3. The van der Waals surface area contributed by atoms with Gasteiger partial charge in [-0.2, -0.15) is 5.10 Å². The monoisotopic (exact) mass is 342 g/mol. The van der Waals surface area contributed by atoms with Crippen molar-refractivity contribution in [2.24, 2.45) is 5.41 Å². The van der Waals surface area contributed by atoms with Crippen LogP contribution in [0.1, 0.15) is 38.2 Å². The third-order valence-corrected chi connectivity index (χ3v) is 5.76. The molecule has 1 aliphatic carbocycles. The van der Waals surface area contributed by atoms with Crippen molar-refractivity contribution in [2.45, 2.75) is 50.3 Å². The van der Waals surface area contributed by atoms with E-state index in [9.17, 15) is 13.6 Å². The summed E-state index contributed by atoms with van der Waals surface area (Å²) in [6.07, 6.45) is 3.43. The molecular formula is C16H22F2N3OS+. The van der Waals surface area contributed by atoms with E-state index in [4.69, 9.17) is 0 Å². The van der Waals surface area contributed by atoms with Crippen LogP contribution in [-0.4, -0.2) is 46.0 Å². The standard InChI is InChI=1S/C16H22F2N3OS/c1-15(21-10-12(9-19-21)11-23-2)5-7-20(8-6-15)14(22)16(3-4-16)13(17)18/h9-10,13H,2-8,11H2,1H3/q+1. The van der Waals surface area contributed by atoms with Crippen LogP contribution >= 0.6 is 0 Å². The molecule has 2 aliphatic rings. The molecule has 0 atom stereocenters. The van der Waals surface area contributed by atoms with Crippen molar-refractivity contribution < 1.29 is 13.6 Å². The third-order valence-electron chi connectivity index (χ3n) is 5.22. The first-order valence-corrected chi connectivity index (χ1v) is 9.05. The van der Waals surface area contributed by atoms with Crippen LogP contribution in [0.15, 0.2) is 12.4 Å². The van der Waals surface area contributed by atoms with E-state index in [0.717, 1.165) is 24.2 Å². The Morgan fingerprint density at radius 1 is 1.39 bits per heavy atom. The van der Waals surface area contributed by atoms with Crippen molar-refractivity contribution in [2.75, 3.05) is 13.1 Å². The van der Waals surface area contributed by atoms with E-state index in [0.29, 0.717) is 25.9 Å². The molecule has 3 rings (SSSR count). The van der Waals surface area contributed by atoms with Gasteiger partial charge in [-0.1, -0.05) is 0 Å². The zero-order chi connectivity index (χ0) is 16.7. The first-order valence-electron chi connectivity index (χ1n) is 7.90. The number of piperidine rings is 1. The molecule has 0 radical (unpaired) electrons. The average molecular weight is 342 g/mol. The molecule has 0 N–H and O–H groups in total. The van der Waals surface area contributed by atoms with Crippen LogP contribution in [0.25, 0.3) is 0 Å². The third kappa shape index (κ3) is 2.91. The first-order chi connectivity index (χ1) is 10.9. The Balaban J connectivity index is 1.65. The van der Waals surface area contributed by atoms with E-state index in [1.54, 1.807) is 4.90 Å². The maximum atomic E-state index is 13.1. The summed E-state index contributed by atoms with van der Waals surface area (Å²) in [6.45, 7) is 3.15. The van der Waals surface area contributed by atoms with E-state index in [1.165, 1.54) is 11.4 Å². The van der Waals surface area contributed by atoms with Gasteiger partial charge in [0.25, 0.3) is 6.43 Å². The van der Waals surface area contributed by atoms with Gasteiger partial charge in [-0.05, 0) is 32.6 Å². The number of alkyl halides is 2. The highest BCUT2D eigenvalue weighted by atomic mass is 32.1. The lowest BCUT2D eigenvalue weighted by molar-refractivity contribution is -0.145. The van der Waals surface area contributed by atoms with Gasteiger partial charge in [-0.25, -0.2) is 8.78 Å². The normalized spacial score (nSPS) is 22.2. The molecule has 2 fully saturated rings. The molecule has 0 aromatic carbocycles. The van der Waals surface area contributed by atoms with Gasteiger partial charge in [0.15, 0.2) is 17.2 Å². The van der Waals surface area contributed by atoms with Gasteiger partial charge in [0.1, 0.15) is 5.41 Å². The molecule has 0 bridgehead atoms. The molecule has 1 saturated heterocycles. The Bertz CT molecular complexity index is 604. The van der Waals surface area contributed by atoms with Gasteiger partial charge in [-0.15, -0.1) is 0 Å². The zero-order valence-corrected chi connectivity index (χ0v) is 14.1. The SMILES string of the molecule is C=[S+]Cc1cnn(C2(C)CCN(C(=O)C3(C(F)F)CC3)CC2)c1. The van der Waals surface area contributed by atoms with Crippen LogP contribution in [0.3, 0.4) is 0 Å². The van der Waals surface area contributed by atoms with Crippen LogP contribution in [0.2, 0.25) is 0 Å². The molecule has 1 aromatic rings. The van der Waals surface area contributed by atoms with Crippen molar-refractivity contribution >= 4 is 23.1 Å². The Kier molecular flexibility index (Phi) is 4.25. The second-order valence-electron chi connectivity index (χ2n) is 6.89. The van der Waals surface area contributed by atoms with Gasteiger partial charge < -0.3 is 4.90 Å². The fourth-order valence-corrected chi connectivity index (χ4v) is 3.63. The number of nitrogens with zero attached hydrogens (tertiary/aromatic N) is 3. The molecule has 0 unspecified atom stereocenters. The molecule has 2 heterocycles. The highest BCUT2D eigenvalue weighted by Crippen LogP contribution is 2.52. The predicted octanol–water partition coefficient (Wildman–Crippen LogP) is 2.28. The average Bonchev–Trinajstić information content (AvgIpc) is 3.21. The highest BCUT2D eigenvalue weighted by Gasteiger charge is 2.59. The summed E-state index contributed by atoms with van der Waals surface area (Å²) >= 11 is 1.50. The number of hydrogen-bond donors (Lipinski definition) is 0. The summed E-state index contributed by atoms with van der Waals surface area (Å²) in [5.41, 5.74) is -0.417. The molecule has 1 amide bonds. The lowest BCUT2D eigenvalue weighted by atomic mass is 9.89. The highest BCUT2D eigenvalue weighted by molar-refractivity contribution is 7.75. The van der Waals surface area contributed by atoms with E-state index in [1.807, 2.05) is 17.1 Å². The van der Waals surface area contributed by atoms with E-state index >= 15 is 0 Å². The van der Waals surface area contributed by atoms with Crippen LogP contribution < -0.4 is 0 Å². The van der Waals surface area contributed by atoms with E-state index in [2.05, 4.69) is 17.9 Å². The second kappa shape index (κ2) is 5.92. The Labute approximate surface area is 138 Å². The van der Waals surface area contributed by atoms with Crippen LogP contribution in [0.5, 0.6) is 0 Å². The minimum absolute atomic E-state index is 0.164. The quantitative estimate of drug-likeness (QED) is 0.608. The molecular weight excluding hydrogens is 320 g/mol. The number of amides is 1. The molecule has 126 valence electrons. The summed E-state index contributed by atoms with van der Waals surface area (Å²) in [6, 6.07) is 0. The fraction of sp³-hybridized carbons (Fsp3) is 0.688. The van der Waals surface area contributed by atoms with Gasteiger partial charge >= 0.3 is 0 Å². The summed E-state index contributed by atoms with van der Waals surface area (Å²) in [7, 11) is 0. The van der Waals surface area contributed by atoms with Crippen molar-refractivity contribution in [3.05, 3.63) is 18.0 Å². The number of carbonyl (C=O) groups is 1. The summed E-state index contributed by atoms with van der Waals surface area (Å²) in [4.78, 5) is 14.0. The van der Waals surface area contributed by atoms with Crippen molar-refractivity contribution in [3.8, 4) is 0 Å². The lowest BCUT2D eigenvalue weighted by Gasteiger charge is -2.40. The number of aromatic nitrogens is 2. The number of halogens is 2. The topological polar surface area (TPSA) is 38.1 Å². The summed E-state index contributed by atoms with van der Waals surface area (Å²) in [5.74, 6) is 4.23. The van der Waals surface area contributed by atoms with E-state index < -0.39 is 11.8 Å². The van der Waals surface area contributed by atoms with Gasteiger partial charge in [0.2, 0.25) is 11.7 Å². The van der Waals surface area contributed by atoms with Gasteiger partial charge in [-0.3, -0.25) is 9.48 Å². The molecule has 7 heteroatoms. The number of hydrogen-bond acceptors (Lipinski definition) is 2. The molecule has 23 heavy (non-hydrogen) atoms. The van der Waals surface area contributed by atoms with Crippen molar-refractivity contribution in [1.82, 2.24) is 14.7 Å². The maximum Gasteiger partial charge on any atom is 0.252 e. The smallest absolute Gasteiger partial charge is 0.252 e. The Hall–Kier alpha value is -1.37. The lowest BCUT2D eigenvalue weighted by Crippen LogP contribution is -2.49. The first kappa shape index (κ1) is 16.5. The largest absolute Gasteiger partial charge is 0.342 e. The van der Waals surface area contributed by atoms with Crippen molar-refractivity contribution in [1.29, 1.82) is 0 Å². The molecule has 4 nitrogen and oxygen atoms in total.